The zero-order valence-corrected chi connectivity index (χ0v) is 12.9. The van der Waals surface area contributed by atoms with Gasteiger partial charge in [0.1, 0.15) is 19.5 Å². The van der Waals surface area contributed by atoms with E-state index in [0.29, 0.717) is 5.92 Å². The highest BCUT2D eigenvalue weighted by Gasteiger charge is 2.55. The van der Waals surface area contributed by atoms with Gasteiger partial charge in [0, 0.05) is 5.92 Å². The van der Waals surface area contributed by atoms with E-state index in [4.69, 9.17) is 4.74 Å². The summed E-state index contributed by atoms with van der Waals surface area (Å²) >= 11 is 0. The van der Waals surface area contributed by atoms with E-state index in [2.05, 4.69) is 86.3 Å². The summed E-state index contributed by atoms with van der Waals surface area (Å²) in [6, 6.07) is 21.4. The van der Waals surface area contributed by atoms with E-state index in [1.807, 2.05) is 0 Å². The average molecular weight is 280 g/mol. The van der Waals surface area contributed by atoms with Crippen LogP contribution in [0.1, 0.15) is 18.1 Å². The van der Waals surface area contributed by atoms with Gasteiger partial charge in [-0.05, 0) is 11.1 Å². The van der Waals surface area contributed by atoms with Gasteiger partial charge < -0.3 is 4.74 Å². The van der Waals surface area contributed by atoms with Gasteiger partial charge in [0.15, 0.2) is 0 Å². The summed E-state index contributed by atoms with van der Waals surface area (Å²) in [6.07, 6.45) is 0. The first-order chi connectivity index (χ1) is 10.2. The highest BCUT2D eigenvalue weighted by molar-refractivity contribution is 5.90. The molecular weight excluding hydrogens is 258 g/mol. The van der Waals surface area contributed by atoms with E-state index in [1.54, 1.807) is 0 Å². The van der Waals surface area contributed by atoms with Gasteiger partial charge in [-0.1, -0.05) is 67.6 Å². The number of nitrogens with zero attached hydrogens (tertiary/aromatic N) is 1. The summed E-state index contributed by atoms with van der Waals surface area (Å²) < 4.78 is 8.21. The number of ether oxygens (including phenoxy) is 1. The molecule has 2 aromatic rings. The van der Waals surface area contributed by atoms with Crippen molar-refractivity contribution < 1.29 is 9.31 Å². The third-order valence-corrected chi connectivity index (χ3v) is 4.41. The highest BCUT2D eigenvalue weighted by atomic mass is 16.5. The van der Waals surface area contributed by atoms with Crippen molar-refractivity contribution in [1.82, 2.24) is 0 Å². The first kappa shape index (κ1) is 13.9. The molecule has 1 aliphatic rings. The van der Waals surface area contributed by atoms with Crippen LogP contribution in [0, 0.1) is 5.92 Å². The molecule has 2 aromatic carbocycles. The topological polar surface area (TPSA) is 12.2 Å². The molecule has 3 rings (SSSR count). The van der Waals surface area contributed by atoms with E-state index in [1.165, 1.54) is 11.1 Å². The van der Waals surface area contributed by atoms with Gasteiger partial charge in [0.05, 0.1) is 6.61 Å². The molecule has 0 radical (unpaired) electrons. The van der Waals surface area contributed by atoms with Crippen LogP contribution in [0.5, 0.6) is 0 Å². The summed E-state index contributed by atoms with van der Waals surface area (Å²) in [7, 11) is 4.13. The fourth-order valence-corrected chi connectivity index (χ4v) is 3.52. The molecule has 1 atom stereocenters. The van der Waals surface area contributed by atoms with Gasteiger partial charge >= 0.3 is 5.90 Å². The Bertz CT molecular complexity index is 602. The quantitative estimate of drug-likeness (QED) is 0.769. The normalized spacial score (nSPS) is 20.1. The molecule has 1 unspecified atom stereocenters. The standard InChI is InChI=1S/C19H22NO/c1-15-14-21-18(20(2)3)19(15,16-10-6-4-7-11-16)17-12-8-5-9-13-17/h4-13,15H,14H2,1-3H3/q+1. The minimum atomic E-state index is -0.202. The van der Waals surface area contributed by atoms with E-state index < -0.39 is 0 Å². The Balaban J connectivity index is 2.33. The highest BCUT2D eigenvalue weighted by Crippen LogP contribution is 2.44. The average Bonchev–Trinajstić information content (AvgIpc) is 2.87. The van der Waals surface area contributed by atoms with Crippen LogP contribution in [0.3, 0.4) is 0 Å². The molecule has 0 aromatic heterocycles. The van der Waals surface area contributed by atoms with Crippen molar-refractivity contribution in [2.45, 2.75) is 12.3 Å². The third kappa shape index (κ3) is 2.06. The Morgan fingerprint density at radius 2 is 1.38 bits per heavy atom. The lowest BCUT2D eigenvalue weighted by Crippen LogP contribution is -2.41. The number of hydrogen-bond donors (Lipinski definition) is 0. The number of hydrogen-bond acceptors (Lipinski definition) is 1. The minimum Gasteiger partial charge on any atom is -0.447 e. The third-order valence-electron chi connectivity index (χ3n) is 4.41. The maximum atomic E-state index is 6.09. The van der Waals surface area contributed by atoms with Crippen molar-refractivity contribution in [3.05, 3.63) is 71.8 Å². The molecule has 21 heavy (non-hydrogen) atoms. The lowest BCUT2D eigenvalue weighted by molar-refractivity contribution is -0.476. The fourth-order valence-electron chi connectivity index (χ4n) is 3.52. The Labute approximate surface area is 126 Å². The summed E-state index contributed by atoms with van der Waals surface area (Å²) in [5.41, 5.74) is 2.39. The predicted octanol–water partition coefficient (Wildman–Crippen LogP) is 3.31. The lowest BCUT2D eigenvalue weighted by atomic mass is 9.67. The van der Waals surface area contributed by atoms with E-state index in [9.17, 15) is 0 Å². The Morgan fingerprint density at radius 3 is 1.81 bits per heavy atom. The van der Waals surface area contributed by atoms with E-state index in [-0.39, 0.29) is 5.41 Å². The summed E-state index contributed by atoms with van der Waals surface area (Å²) in [5.74, 6) is 1.42. The van der Waals surface area contributed by atoms with Crippen LogP contribution in [0.4, 0.5) is 0 Å². The molecule has 1 fully saturated rings. The van der Waals surface area contributed by atoms with Crippen LogP contribution in [0.25, 0.3) is 0 Å². The zero-order valence-electron chi connectivity index (χ0n) is 12.9. The molecule has 1 saturated heterocycles. The molecule has 2 heteroatoms. The van der Waals surface area contributed by atoms with Crippen LogP contribution < -0.4 is 0 Å². The van der Waals surface area contributed by atoms with Crippen LogP contribution in [-0.4, -0.2) is 31.2 Å². The fraction of sp³-hybridized carbons (Fsp3) is 0.316. The summed E-state index contributed by atoms with van der Waals surface area (Å²) in [5, 5.41) is 0. The van der Waals surface area contributed by atoms with Crippen molar-refractivity contribution in [1.29, 1.82) is 0 Å². The molecule has 1 heterocycles. The first-order valence-corrected chi connectivity index (χ1v) is 7.46. The predicted molar refractivity (Wildman–Crippen MR) is 85.9 cm³/mol. The van der Waals surface area contributed by atoms with E-state index >= 15 is 0 Å². The molecule has 0 aliphatic carbocycles. The van der Waals surface area contributed by atoms with Gasteiger partial charge in [-0.25, -0.2) is 4.58 Å². The lowest BCUT2D eigenvalue weighted by Gasteiger charge is -2.30. The monoisotopic (exact) mass is 280 g/mol. The zero-order chi connectivity index (χ0) is 14.9. The Hall–Kier alpha value is -2.09. The Morgan fingerprint density at radius 1 is 0.905 bits per heavy atom. The van der Waals surface area contributed by atoms with E-state index in [0.717, 1.165) is 12.5 Å². The molecular formula is C19H22NO+. The molecule has 0 spiro atoms. The van der Waals surface area contributed by atoms with Crippen molar-refractivity contribution >= 4 is 5.90 Å². The number of benzene rings is 2. The largest absolute Gasteiger partial charge is 0.447 e. The van der Waals surface area contributed by atoms with Crippen molar-refractivity contribution in [3.8, 4) is 0 Å². The maximum Gasteiger partial charge on any atom is 0.351 e. The first-order valence-electron chi connectivity index (χ1n) is 7.46. The van der Waals surface area contributed by atoms with Crippen LogP contribution in [0.15, 0.2) is 60.7 Å². The van der Waals surface area contributed by atoms with Crippen LogP contribution in [0.2, 0.25) is 0 Å². The second-order valence-electron chi connectivity index (χ2n) is 5.95. The Kier molecular flexibility index (Phi) is 3.54. The summed E-state index contributed by atoms with van der Waals surface area (Å²) in [4.78, 5) is 0. The van der Waals surface area contributed by atoms with Crippen molar-refractivity contribution in [3.63, 3.8) is 0 Å². The van der Waals surface area contributed by atoms with Crippen LogP contribution >= 0.6 is 0 Å². The molecule has 0 bridgehead atoms. The molecule has 0 amide bonds. The maximum absolute atomic E-state index is 6.09. The molecule has 108 valence electrons. The van der Waals surface area contributed by atoms with Gasteiger partial charge in [0.25, 0.3) is 0 Å². The van der Waals surface area contributed by atoms with Gasteiger partial charge in [0.2, 0.25) is 0 Å². The number of rotatable bonds is 2. The van der Waals surface area contributed by atoms with Gasteiger partial charge in [-0.15, -0.1) is 0 Å². The van der Waals surface area contributed by atoms with Crippen molar-refractivity contribution in [2.24, 2.45) is 5.92 Å². The molecule has 1 aliphatic heterocycles. The second-order valence-corrected chi connectivity index (χ2v) is 5.95. The molecule has 0 N–H and O–H groups in total. The van der Waals surface area contributed by atoms with Crippen molar-refractivity contribution in [2.75, 3.05) is 20.7 Å². The second kappa shape index (κ2) is 5.36. The molecule has 2 nitrogen and oxygen atoms in total. The molecule has 0 saturated carbocycles. The smallest absolute Gasteiger partial charge is 0.351 e. The van der Waals surface area contributed by atoms with Gasteiger partial charge in [-0.2, -0.15) is 0 Å². The van der Waals surface area contributed by atoms with Gasteiger partial charge in [-0.3, -0.25) is 0 Å². The van der Waals surface area contributed by atoms with Crippen LogP contribution in [-0.2, 0) is 10.2 Å². The SMILES string of the molecule is CC1COC(=[N+](C)C)C1(c1ccccc1)c1ccccc1. The minimum absolute atomic E-state index is 0.202. The summed E-state index contributed by atoms with van der Waals surface area (Å²) in [6.45, 7) is 3.02.